The van der Waals surface area contributed by atoms with E-state index in [4.69, 9.17) is 0 Å². The third-order valence-corrected chi connectivity index (χ3v) is 8.20. The summed E-state index contributed by atoms with van der Waals surface area (Å²) in [5, 5.41) is 0. The average molecular weight is 188 g/mol. The quantitative estimate of drug-likeness (QED) is 0.593. The molecule has 1 heteroatoms. The first-order valence-electron chi connectivity index (χ1n) is 4.39. The van der Waals surface area contributed by atoms with Gasteiger partial charge in [0.05, 0.1) is 0 Å². The molecule has 0 saturated heterocycles. The number of rotatable bonds is 1. The molecule has 0 aliphatic heterocycles. The van der Waals surface area contributed by atoms with Crippen molar-refractivity contribution in [2.75, 3.05) is 0 Å². The van der Waals surface area contributed by atoms with Gasteiger partial charge in [0.25, 0.3) is 0 Å². The van der Waals surface area contributed by atoms with Crippen LogP contribution < -0.4 is 4.16 Å². The van der Waals surface area contributed by atoms with Crippen LogP contribution in [0.2, 0.25) is 16.6 Å². The SMILES string of the molecule is [CH3][Zn]([CH3])([CH3])[c]1ccccc1. The molecule has 0 nitrogen and oxygen atoms in total. The molecular weight excluding hydrogens is 173 g/mol. The van der Waals surface area contributed by atoms with Crippen molar-refractivity contribution in [2.45, 2.75) is 16.6 Å². The first-order chi connectivity index (χ1) is 4.61. The van der Waals surface area contributed by atoms with E-state index in [1.807, 2.05) is 0 Å². The summed E-state index contributed by atoms with van der Waals surface area (Å²) in [6, 6.07) is 10.9. The molecule has 1 rings (SSSR count). The van der Waals surface area contributed by atoms with Gasteiger partial charge >= 0.3 is 65.8 Å². The van der Waals surface area contributed by atoms with E-state index in [9.17, 15) is 0 Å². The van der Waals surface area contributed by atoms with Gasteiger partial charge in [0.1, 0.15) is 0 Å². The molecular formula is C9H14Zn. The van der Waals surface area contributed by atoms with Crippen LogP contribution in [0.5, 0.6) is 0 Å². The van der Waals surface area contributed by atoms with Crippen LogP contribution in [0.1, 0.15) is 0 Å². The fourth-order valence-corrected chi connectivity index (χ4v) is 4.72. The summed E-state index contributed by atoms with van der Waals surface area (Å²) in [6.07, 6.45) is 0. The van der Waals surface area contributed by atoms with Crippen LogP contribution in [0.4, 0.5) is 0 Å². The van der Waals surface area contributed by atoms with Gasteiger partial charge in [0.2, 0.25) is 0 Å². The minimum absolute atomic E-state index is 1.62. The van der Waals surface area contributed by atoms with Gasteiger partial charge in [-0.05, 0) is 0 Å². The molecule has 52 valence electrons. The molecule has 0 aliphatic rings. The van der Waals surface area contributed by atoms with Gasteiger partial charge in [-0.15, -0.1) is 0 Å². The van der Waals surface area contributed by atoms with E-state index in [0.29, 0.717) is 0 Å². The summed E-state index contributed by atoms with van der Waals surface area (Å²) in [5.41, 5.74) is 7.33. The second-order valence-corrected chi connectivity index (χ2v) is 19.7. The molecule has 0 N–H and O–H groups in total. The maximum atomic E-state index is 2.44. The molecule has 10 heavy (non-hydrogen) atoms. The van der Waals surface area contributed by atoms with Crippen LogP contribution >= 0.6 is 0 Å². The molecule has 0 amide bonds. The number of hydrogen-bond donors (Lipinski definition) is 0. The normalized spacial score (nSPS) is 9.90. The molecule has 0 atom stereocenters. The summed E-state index contributed by atoms with van der Waals surface area (Å²) in [7, 11) is 0. The van der Waals surface area contributed by atoms with E-state index in [2.05, 4.69) is 46.9 Å². The third kappa shape index (κ3) is 1.92. The van der Waals surface area contributed by atoms with Crippen LogP contribution in [0.25, 0.3) is 0 Å². The Labute approximate surface area is 66.1 Å². The van der Waals surface area contributed by atoms with Gasteiger partial charge in [-0.3, -0.25) is 0 Å². The molecule has 1 aromatic rings. The van der Waals surface area contributed by atoms with E-state index in [1.165, 1.54) is 0 Å². The average Bonchev–Trinajstić information content (AvgIpc) is 1.88. The zero-order valence-electron chi connectivity index (χ0n) is 7.09. The molecule has 0 spiro atoms. The van der Waals surface area contributed by atoms with Crippen molar-refractivity contribution in [1.82, 2.24) is 0 Å². The monoisotopic (exact) mass is 186 g/mol. The van der Waals surface area contributed by atoms with Gasteiger partial charge in [0.15, 0.2) is 0 Å². The topological polar surface area (TPSA) is 0 Å². The van der Waals surface area contributed by atoms with Crippen molar-refractivity contribution in [2.24, 2.45) is 0 Å². The van der Waals surface area contributed by atoms with Crippen LogP contribution in [0.3, 0.4) is 0 Å². The Bertz CT molecular complexity index is 196. The Balaban J connectivity index is 2.97. The van der Waals surface area contributed by atoms with Gasteiger partial charge in [-0.2, -0.15) is 0 Å². The van der Waals surface area contributed by atoms with Crippen molar-refractivity contribution in [1.29, 1.82) is 0 Å². The molecule has 0 saturated carbocycles. The molecule has 0 aromatic heterocycles. The molecule has 0 heterocycles. The van der Waals surface area contributed by atoms with Crippen molar-refractivity contribution >= 4 is 4.16 Å². The molecule has 0 unspecified atom stereocenters. The molecule has 0 bridgehead atoms. The minimum atomic E-state index is -1.80. The van der Waals surface area contributed by atoms with Crippen molar-refractivity contribution < 1.29 is 14.8 Å². The number of benzene rings is 1. The zero-order valence-corrected chi connectivity index (χ0v) is 10.1. The zero-order chi connectivity index (χ0) is 7.61. The summed E-state index contributed by atoms with van der Waals surface area (Å²) < 4.78 is 1.62. The first-order valence-corrected chi connectivity index (χ1v) is 14.8. The van der Waals surface area contributed by atoms with E-state index in [0.717, 1.165) is 0 Å². The second-order valence-electron chi connectivity index (χ2n) is 4.67. The third-order valence-electron chi connectivity index (χ3n) is 2.07. The van der Waals surface area contributed by atoms with Gasteiger partial charge in [0, 0.05) is 0 Å². The standard InChI is InChI=1S/C6H5.3CH3.Zn/c1-2-4-6-5-3-1;;;;/h1-5H;3*1H3;. The predicted octanol–water partition coefficient (Wildman–Crippen LogP) is 2.61. The van der Waals surface area contributed by atoms with Crippen LogP contribution in [0.15, 0.2) is 30.3 Å². The Hall–Kier alpha value is -0.157. The predicted molar refractivity (Wildman–Crippen MR) is 43.7 cm³/mol. The van der Waals surface area contributed by atoms with E-state index in [-0.39, 0.29) is 0 Å². The van der Waals surface area contributed by atoms with Gasteiger partial charge in [-0.25, -0.2) is 0 Å². The Morgan fingerprint density at radius 1 is 0.900 bits per heavy atom. The first kappa shape index (κ1) is 7.94. The summed E-state index contributed by atoms with van der Waals surface area (Å²) >= 11 is -1.80. The van der Waals surface area contributed by atoms with Gasteiger partial charge in [-0.1, -0.05) is 0 Å². The Kier molecular flexibility index (Phi) is 2.26. The maximum absolute atomic E-state index is 2.44. The molecule has 0 radical (unpaired) electrons. The molecule has 0 aliphatic carbocycles. The fourth-order valence-electron chi connectivity index (χ4n) is 1.19. The summed E-state index contributed by atoms with van der Waals surface area (Å²) in [6.45, 7) is 0. The van der Waals surface area contributed by atoms with Crippen molar-refractivity contribution in [3.63, 3.8) is 0 Å². The van der Waals surface area contributed by atoms with E-state index >= 15 is 0 Å². The second kappa shape index (κ2) is 2.84. The van der Waals surface area contributed by atoms with E-state index in [1.54, 1.807) is 4.16 Å². The van der Waals surface area contributed by atoms with Gasteiger partial charge < -0.3 is 0 Å². The molecule has 1 aromatic carbocycles. The number of hydrogen-bond acceptors (Lipinski definition) is 0. The molecule has 0 fully saturated rings. The summed E-state index contributed by atoms with van der Waals surface area (Å²) in [5.74, 6) is 0. The van der Waals surface area contributed by atoms with Crippen LogP contribution in [-0.4, -0.2) is 0 Å². The van der Waals surface area contributed by atoms with Crippen molar-refractivity contribution in [3.8, 4) is 0 Å². The fraction of sp³-hybridized carbons (Fsp3) is 0.333. The summed E-state index contributed by atoms with van der Waals surface area (Å²) in [4.78, 5) is 0. The van der Waals surface area contributed by atoms with Crippen LogP contribution in [-0.2, 0) is 14.8 Å². The van der Waals surface area contributed by atoms with Crippen molar-refractivity contribution in [3.05, 3.63) is 30.3 Å². The van der Waals surface area contributed by atoms with E-state index < -0.39 is 14.8 Å². The van der Waals surface area contributed by atoms with Crippen LogP contribution in [0, 0.1) is 0 Å². The Morgan fingerprint density at radius 2 is 1.40 bits per heavy atom. The Morgan fingerprint density at radius 3 is 1.70 bits per heavy atom.